The van der Waals surface area contributed by atoms with E-state index < -0.39 is 11.9 Å². The van der Waals surface area contributed by atoms with Gasteiger partial charge >= 0.3 is 6.03 Å². The highest BCUT2D eigenvalue weighted by molar-refractivity contribution is 9.11. The topological polar surface area (TPSA) is 72.2 Å². The van der Waals surface area contributed by atoms with Crippen LogP contribution in [0.15, 0.2) is 27.1 Å². The second kappa shape index (κ2) is 4.56. The van der Waals surface area contributed by atoms with Crippen LogP contribution >= 0.6 is 31.9 Å². The van der Waals surface area contributed by atoms with Gasteiger partial charge in [-0.3, -0.25) is 10.1 Å². The first kappa shape index (κ1) is 11.2. The molecule has 0 heterocycles. The third-order valence-corrected chi connectivity index (χ3v) is 2.56. The third-order valence-electron chi connectivity index (χ3n) is 1.41. The summed E-state index contributed by atoms with van der Waals surface area (Å²) in [5, 5.41) is 1.97. The van der Waals surface area contributed by atoms with Gasteiger partial charge in [-0.2, -0.15) is 0 Å². The maximum atomic E-state index is 11.3. The molecule has 0 unspecified atom stereocenters. The molecule has 3 N–H and O–H groups in total. The molecule has 0 spiro atoms. The molecule has 1 aromatic rings. The maximum Gasteiger partial charge on any atom is 0.319 e. The second-order valence-electron chi connectivity index (χ2n) is 2.44. The molecule has 0 bridgehead atoms. The Morgan fingerprint density at radius 1 is 1.29 bits per heavy atom. The fourth-order valence-corrected chi connectivity index (χ4v) is 2.08. The number of imide groups is 1. The van der Waals surface area contributed by atoms with E-state index in [-0.39, 0.29) is 0 Å². The van der Waals surface area contributed by atoms with Gasteiger partial charge in [0.25, 0.3) is 5.91 Å². The van der Waals surface area contributed by atoms with E-state index in [1.165, 1.54) is 0 Å². The van der Waals surface area contributed by atoms with Crippen molar-refractivity contribution in [2.45, 2.75) is 0 Å². The molecule has 0 saturated carbocycles. The van der Waals surface area contributed by atoms with Crippen LogP contribution in [0.25, 0.3) is 0 Å². The molecule has 4 nitrogen and oxygen atoms in total. The van der Waals surface area contributed by atoms with E-state index in [4.69, 9.17) is 5.73 Å². The van der Waals surface area contributed by atoms with Crippen molar-refractivity contribution >= 4 is 43.8 Å². The maximum absolute atomic E-state index is 11.3. The minimum Gasteiger partial charge on any atom is -0.351 e. The Morgan fingerprint density at radius 3 is 2.43 bits per heavy atom. The van der Waals surface area contributed by atoms with E-state index in [0.29, 0.717) is 10.0 Å². The average Bonchev–Trinajstić information content (AvgIpc) is 2.01. The van der Waals surface area contributed by atoms with Gasteiger partial charge in [0, 0.05) is 8.95 Å². The Labute approximate surface area is 97.1 Å². The number of hydrogen-bond donors (Lipinski definition) is 2. The van der Waals surface area contributed by atoms with Crippen LogP contribution in [0.2, 0.25) is 0 Å². The van der Waals surface area contributed by atoms with Crippen molar-refractivity contribution in [3.8, 4) is 0 Å². The standard InChI is InChI=1S/C8H6Br2N2O2/c9-4-1-2-5(6(10)3-4)7(13)12-8(11)14/h1-3H,(H3,11,12,13,14). The molecule has 0 saturated heterocycles. The van der Waals surface area contributed by atoms with E-state index in [2.05, 4.69) is 31.9 Å². The lowest BCUT2D eigenvalue weighted by atomic mass is 10.2. The summed E-state index contributed by atoms with van der Waals surface area (Å²) in [6.07, 6.45) is 0. The Kier molecular flexibility index (Phi) is 3.65. The van der Waals surface area contributed by atoms with Crippen LogP contribution in [-0.2, 0) is 0 Å². The van der Waals surface area contributed by atoms with Gasteiger partial charge in [0.05, 0.1) is 5.56 Å². The molecule has 0 atom stereocenters. The smallest absolute Gasteiger partial charge is 0.319 e. The largest absolute Gasteiger partial charge is 0.351 e. The number of halogens is 2. The van der Waals surface area contributed by atoms with E-state index in [1.807, 2.05) is 5.32 Å². The molecule has 1 aromatic carbocycles. The monoisotopic (exact) mass is 320 g/mol. The summed E-state index contributed by atoms with van der Waals surface area (Å²) in [7, 11) is 0. The summed E-state index contributed by atoms with van der Waals surface area (Å²) in [6.45, 7) is 0. The lowest BCUT2D eigenvalue weighted by Gasteiger charge is -2.03. The van der Waals surface area contributed by atoms with Gasteiger partial charge in [0.15, 0.2) is 0 Å². The van der Waals surface area contributed by atoms with Crippen LogP contribution in [0.4, 0.5) is 4.79 Å². The first-order chi connectivity index (χ1) is 6.50. The number of nitrogens with two attached hydrogens (primary N) is 1. The normalized spacial score (nSPS) is 9.57. The molecule has 6 heteroatoms. The second-order valence-corrected chi connectivity index (χ2v) is 4.21. The van der Waals surface area contributed by atoms with Crippen molar-refractivity contribution in [2.75, 3.05) is 0 Å². The third kappa shape index (κ3) is 2.81. The lowest BCUT2D eigenvalue weighted by Crippen LogP contribution is -2.35. The summed E-state index contributed by atoms with van der Waals surface area (Å²) in [5.74, 6) is -0.531. The van der Waals surface area contributed by atoms with Gasteiger partial charge < -0.3 is 5.73 Å². The van der Waals surface area contributed by atoms with Gasteiger partial charge in [-0.1, -0.05) is 15.9 Å². The van der Waals surface area contributed by atoms with Gasteiger partial charge in [-0.05, 0) is 34.1 Å². The van der Waals surface area contributed by atoms with Gasteiger partial charge in [0.1, 0.15) is 0 Å². The molecule has 0 aliphatic carbocycles. The fourth-order valence-electron chi connectivity index (χ4n) is 0.853. The zero-order valence-electron chi connectivity index (χ0n) is 6.88. The quantitative estimate of drug-likeness (QED) is 0.830. The number of rotatable bonds is 1. The van der Waals surface area contributed by atoms with Gasteiger partial charge in [-0.15, -0.1) is 0 Å². The van der Waals surface area contributed by atoms with E-state index in [9.17, 15) is 9.59 Å². The zero-order chi connectivity index (χ0) is 10.7. The predicted molar refractivity (Wildman–Crippen MR) is 58.9 cm³/mol. The summed E-state index contributed by atoms with van der Waals surface area (Å²) in [6, 6.07) is 4.10. The Balaban J connectivity index is 2.96. The van der Waals surface area contributed by atoms with Crippen LogP contribution in [0, 0.1) is 0 Å². The lowest BCUT2D eigenvalue weighted by molar-refractivity contribution is 0.0965. The van der Waals surface area contributed by atoms with Crippen LogP contribution in [0.3, 0.4) is 0 Å². The van der Waals surface area contributed by atoms with E-state index >= 15 is 0 Å². The number of urea groups is 1. The number of amides is 3. The summed E-state index contributed by atoms with van der Waals surface area (Å²) in [5.41, 5.74) is 5.17. The molecule has 0 aliphatic rings. The van der Waals surface area contributed by atoms with Gasteiger partial charge in [0.2, 0.25) is 0 Å². The molecule has 0 fully saturated rings. The Morgan fingerprint density at radius 2 is 1.93 bits per heavy atom. The molecule has 74 valence electrons. The predicted octanol–water partition coefficient (Wildman–Crippen LogP) is 2.02. The van der Waals surface area contributed by atoms with Crippen LogP contribution in [0.5, 0.6) is 0 Å². The number of primary amides is 1. The van der Waals surface area contributed by atoms with Crippen molar-refractivity contribution in [2.24, 2.45) is 5.73 Å². The number of benzene rings is 1. The first-order valence-corrected chi connectivity index (χ1v) is 5.15. The van der Waals surface area contributed by atoms with Crippen LogP contribution < -0.4 is 11.1 Å². The highest BCUT2D eigenvalue weighted by atomic mass is 79.9. The fraction of sp³-hybridized carbons (Fsp3) is 0. The van der Waals surface area contributed by atoms with Crippen LogP contribution in [-0.4, -0.2) is 11.9 Å². The van der Waals surface area contributed by atoms with Crippen LogP contribution in [0.1, 0.15) is 10.4 Å². The minimum absolute atomic E-state index is 0.354. The molecular weight excluding hydrogens is 316 g/mol. The zero-order valence-corrected chi connectivity index (χ0v) is 10.1. The highest BCUT2D eigenvalue weighted by Gasteiger charge is 2.11. The average molecular weight is 322 g/mol. The van der Waals surface area contributed by atoms with Crippen molar-refractivity contribution in [3.05, 3.63) is 32.7 Å². The first-order valence-electron chi connectivity index (χ1n) is 3.56. The van der Waals surface area contributed by atoms with Crippen molar-refractivity contribution in [1.82, 2.24) is 5.32 Å². The van der Waals surface area contributed by atoms with Crippen molar-refractivity contribution < 1.29 is 9.59 Å². The molecule has 1 rings (SSSR count). The summed E-state index contributed by atoms with van der Waals surface area (Å²) < 4.78 is 1.42. The molecule has 0 aromatic heterocycles. The molecule has 0 radical (unpaired) electrons. The highest BCUT2D eigenvalue weighted by Crippen LogP contribution is 2.21. The molecule has 3 amide bonds. The van der Waals surface area contributed by atoms with Gasteiger partial charge in [-0.25, -0.2) is 4.79 Å². The molecular formula is C8H6Br2N2O2. The number of carbonyl (C=O) groups is 2. The Bertz CT molecular complexity index is 393. The summed E-state index contributed by atoms with van der Waals surface area (Å²) >= 11 is 6.44. The molecule has 0 aliphatic heterocycles. The Hall–Kier alpha value is -0.880. The number of nitrogens with one attached hydrogen (secondary N) is 1. The molecule has 14 heavy (non-hydrogen) atoms. The van der Waals surface area contributed by atoms with E-state index in [0.717, 1.165) is 4.47 Å². The SMILES string of the molecule is NC(=O)NC(=O)c1ccc(Br)cc1Br. The summed E-state index contributed by atoms with van der Waals surface area (Å²) in [4.78, 5) is 21.8. The van der Waals surface area contributed by atoms with E-state index in [1.54, 1.807) is 18.2 Å². The number of hydrogen-bond acceptors (Lipinski definition) is 2. The minimum atomic E-state index is -0.871. The number of carbonyl (C=O) groups excluding carboxylic acids is 2. The van der Waals surface area contributed by atoms with Crippen molar-refractivity contribution in [1.29, 1.82) is 0 Å². The van der Waals surface area contributed by atoms with Crippen molar-refractivity contribution in [3.63, 3.8) is 0 Å².